The van der Waals surface area contributed by atoms with Gasteiger partial charge in [0.1, 0.15) is 11.7 Å². The van der Waals surface area contributed by atoms with E-state index in [-0.39, 0.29) is 30.0 Å². The molecule has 1 aromatic rings. The fourth-order valence-electron chi connectivity index (χ4n) is 1.34. The number of hydrogen-bond donors (Lipinski definition) is 3. The van der Waals surface area contributed by atoms with Crippen LogP contribution in [0, 0.1) is 18.7 Å². The molecule has 0 radical (unpaired) electrons. The Kier molecular flexibility index (Phi) is 4.65. The van der Waals surface area contributed by atoms with E-state index in [2.05, 4.69) is 10.5 Å². The highest BCUT2D eigenvalue weighted by atomic mass is 19.1. The largest absolute Gasteiger partial charge is 0.409 e. The molecule has 0 aromatic heterocycles. The summed E-state index contributed by atoms with van der Waals surface area (Å²) in [5, 5.41) is 13.9. The molecule has 5 nitrogen and oxygen atoms in total. The number of oxime groups is 1. The third-order valence-corrected chi connectivity index (χ3v) is 2.61. The lowest BCUT2D eigenvalue weighted by Crippen LogP contribution is -2.34. The summed E-state index contributed by atoms with van der Waals surface area (Å²) in [6.07, 6.45) is 0. The van der Waals surface area contributed by atoms with Crippen molar-refractivity contribution < 1.29 is 14.4 Å². The SMILES string of the molecule is Cc1cc(C(=O)NCC(C)C(N)=NO)ccc1F. The number of benzene rings is 1. The zero-order chi connectivity index (χ0) is 13.7. The molecule has 0 aliphatic carbocycles. The zero-order valence-electron chi connectivity index (χ0n) is 10.3. The van der Waals surface area contributed by atoms with Gasteiger partial charge in [0, 0.05) is 18.0 Å². The Labute approximate surface area is 104 Å². The van der Waals surface area contributed by atoms with Gasteiger partial charge in [-0.3, -0.25) is 4.79 Å². The minimum atomic E-state index is -0.350. The lowest BCUT2D eigenvalue weighted by atomic mass is 10.1. The van der Waals surface area contributed by atoms with Gasteiger partial charge in [0.25, 0.3) is 5.91 Å². The molecule has 18 heavy (non-hydrogen) atoms. The van der Waals surface area contributed by atoms with Crippen LogP contribution < -0.4 is 11.1 Å². The number of aryl methyl sites for hydroxylation is 1. The Morgan fingerprint density at radius 2 is 2.28 bits per heavy atom. The summed E-state index contributed by atoms with van der Waals surface area (Å²) >= 11 is 0. The summed E-state index contributed by atoms with van der Waals surface area (Å²) < 4.78 is 13.0. The monoisotopic (exact) mass is 253 g/mol. The van der Waals surface area contributed by atoms with Crippen molar-refractivity contribution in [1.29, 1.82) is 0 Å². The van der Waals surface area contributed by atoms with Crippen LogP contribution in [0.2, 0.25) is 0 Å². The molecule has 0 spiro atoms. The van der Waals surface area contributed by atoms with Crippen LogP contribution in [-0.2, 0) is 0 Å². The smallest absolute Gasteiger partial charge is 0.251 e. The van der Waals surface area contributed by atoms with Gasteiger partial charge in [-0.2, -0.15) is 0 Å². The molecule has 0 saturated heterocycles. The molecule has 1 aromatic carbocycles. The van der Waals surface area contributed by atoms with Crippen LogP contribution in [0.25, 0.3) is 0 Å². The molecular formula is C12H16FN3O2. The van der Waals surface area contributed by atoms with Crippen molar-refractivity contribution in [2.45, 2.75) is 13.8 Å². The van der Waals surface area contributed by atoms with Gasteiger partial charge in [0.05, 0.1) is 0 Å². The molecule has 0 fully saturated rings. The quantitative estimate of drug-likeness (QED) is 0.326. The zero-order valence-corrected chi connectivity index (χ0v) is 10.3. The van der Waals surface area contributed by atoms with Gasteiger partial charge in [-0.1, -0.05) is 12.1 Å². The first-order valence-electron chi connectivity index (χ1n) is 5.47. The van der Waals surface area contributed by atoms with Crippen molar-refractivity contribution in [3.8, 4) is 0 Å². The molecule has 98 valence electrons. The first-order valence-corrected chi connectivity index (χ1v) is 5.47. The van der Waals surface area contributed by atoms with Gasteiger partial charge < -0.3 is 16.3 Å². The number of rotatable bonds is 4. The fraction of sp³-hybridized carbons (Fsp3) is 0.333. The molecule has 0 aliphatic rings. The number of amidine groups is 1. The topological polar surface area (TPSA) is 87.7 Å². The Morgan fingerprint density at radius 1 is 1.61 bits per heavy atom. The summed E-state index contributed by atoms with van der Waals surface area (Å²) in [5.74, 6) is -0.904. The molecule has 1 rings (SSSR count). The van der Waals surface area contributed by atoms with E-state index in [1.54, 1.807) is 13.8 Å². The maximum atomic E-state index is 13.0. The standard InChI is InChI=1S/C12H16FN3O2/c1-7-5-9(3-4-10(7)13)12(17)15-6-8(2)11(14)16-18/h3-5,8,18H,6H2,1-2H3,(H2,14,16)(H,15,17). The lowest BCUT2D eigenvalue weighted by molar-refractivity contribution is 0.0951. The minimum absolute atomic E-state index is 0.0468. The maximum absolute atomic E-state index is 13.0. The van der Waals surface area contributed by atoms with E-state index in [9.17, 15) is 9.18 Å². The highest BCUT2D eigenvalue weighted by molar-refractivity contribution is 5.94. The van der Waals surface area contributed by atoms with E-state index < -0.39 is 0 Å². The van der Waals surface area contributed by atoms with Crippen LogP contribution in [0.1, 0.15) is 22.8 Å². The number of nitrogens with zero attached hydrogens (tertiary/aromatic N) is 1. The van der Waals surface area contributed by atoms with Crippen molar-refractivity contribution in [3.63, 3.8) is 0 Å². The van der Waals surface area contributed by atoms with Crippen LogP contribution in [0.3, 0.4) is 0 Å². The van der Waals surface area contributed by atoms with Gasteiger partial charge >= 0.3 is 0 Å². The van der Waals surface area contributed by atoms with E-state index in [1.807, 2.05) is 0 Å². The number of hydrogen-bond acceptors (Lipinski definition) is 3. The van der Waals surface area contributed by atoms with Gasteiger partial charge in [-0.15, -0.1) is 0 Å². The molecule has 0 bridgehead atoms. The Morgan fingerprint density at radius 3 is 2.83 bits per heavy atom. The highest BCUT2D eigenvalue weighted by Crippen LogP contribution is 2.09. The third kappa shape index (κ3) is 3.44. The number of halogens is 1. The summed E-state index contributed by atoms with van der Waals surface area (Å²) in [6.45, 7) is 3.54. The fourth-order valence-corrected chi connectivity index (χ4v) is 1.34. The number of nitrogens with two attached hydrogens (primary N) is 1. The van der Waals surface area contributed by atoms with E-state index in [0.29, 0.717) is 11.1 Å². The molecule has 0 aliphatic heterocycles. The molecule has 6 heteroatoms. The Hall–Kier alpha value is -2.11. The summed E-state index contributed by atoms with van der Waals surface area (Å²) in [4.78, 5) is 11.7. The highest BCUT2D eigenvalue weighted by Gasteiger charge is 2.11. The van der Waals surface area contributed by atoms with E-state index in [4.69, 9.17) is 10.9 Å². The van der Waals surface area contributed by atoms with Crippen molar-refractivity contribution >= 4 is 11.7 Å². The molecule has 1 amide bonds. The van der Waals surface area contributed by atoms with Gasteiger partial charge in [-0.25, -0.2) is 4.39 Å². The normalized spacial score (nSPS) is 13.2. The molecule has 4 N–H and O–H groups in total. The van der Waals surface area contributed by atoms with Gasteiger partial charge in [-0.05, 0) is 30.7 Å². The second kappa shape index (κ2) is 6.00. The van der Waals surface area contributed by atoms with Crippen LogP contribution >= 0.6 is 0 Å². The second-order valence-corrected chi connectivity index (χ2v) is 4.10. The average Bonchev–Trinajstić information content (AvgIpc) is 2.37. The summed E-state index contributed by atoms with van der Waals surface area (Å²) in [7, 11) is 0. The van der Waals surface area contributed by atoms with Crippen molar-refractivity contribution in [3.05, 3.63) is 35.1 Å². The third-order valence-electron chi connectivity index (χ3n) is 2.61. The van der Waals surface area contributed by atoms with Crippen molar-refractivity contribution in [2.24, 2.45) is 16.8 Å². The van der Waals surface area contributed by atoms with E-state index in [0.717, 1.165) is 0 Å². The first-order chi connectivity index (χ1) is 8.45. The predicted molar refractivity (Wildman–Crippen MR) is 66.0 cm³/mol. The molecule has 1 atom stereocenters. The number of carbonyl (C=O) groups is 1. The molecule has 0 saturated carbocycles. The van der Waals surface area contributed by atoms with E-state index in [1.165, 1.54) is 18.2 Å². The molecule has 1 unspecified atom stereocenters. The number of nitrogens with one attached hydrogen (secondary N) is 1. The van der Waals surface area contributed by atoms with Crippen LogP contribution in [-0.4, -0.2) is 23.5 Å². The average molecular weight is 253 g/mol. The Bertz CT molecular complexity index is 474. The van der Waals surface area contributed by atoms with Crippen LogP contribution in [0.5, 0.6) is 0 Å². The minimum Gasteiger partial charge on any atom is -0.409 e. The Balaban J connectivity index is 2.63. The number of carbonyl (C=O) groups excluding carboxylic acids is 1. The molecule has 0 heterocycles. The summed E-state index contributed by atoms with van der Waals surface area (Å²) in [5.41, 5.74) is 6.17. The second-order valence-electron chi connectivity index (χ2n) is 4.10. The summed E-state index contributed by atoms with van der Waals surface area (Å²) in [6, 6.07) is 4.13. The van der Waals surface area contributed by atoms with Gasteiger partial charge in [0.15, 0.2) is 0 Å². The van der Waals surface area contributed by atoms with Crippen molar-refractivity contribution in [1.82, 2.24) is 5.32 Å². The first kappa shape index (κ1) is 14.0. The van der Waals surface area contributed by atoms with Crippen LogP contribution in [0.15, 0.2) is 23.4 Å². The van der Waals surface area contributed by atoms with E-state index >= 15 is 0 Å². The number of amides is 1. The van der Waals surface area contributed by atoms with Crippen molar-refractivity contribution in [2.75, 3.05) is 6.54 Å². The predicted octanol–water partition coefficient (Wildman–Crippen LogP) is 1.25. The van der Waals surface area contributed by atoms with Gasteiger partial charge in [0.2, 0.25) is 0 Å². The van der Waals surface area contributed by atoms with Crippen LogP contribution in [0.4, 0.5) is 4.39 Å². The lowest BCUT2D eigenvalue weighted by Gasteiger charge is -2.11. The molecular weight excluding hydrogens is 237 g/mol. The maximum Gasteiger partial charge on any atom is 0.251 e.